The fraction of sp³-hybridized carbons (Fsp3) is 0.333. The van der Waals surface area contributed by atoms with Crippen molar-refractivity contribution in [2.45, 2.75) is 20.3 Å². The van der Waals surface area contributed by atoms with Crippen LogP contribution in [0.25, 0.3) is 5.57 Å². The van der Waals surface area contributed by atoms with Crippen LogP contribution in [0.3, 0.4) is 0 Å². The second-order valence-electron chi connectivity index (χ2n) is 4.70. The van der Waals surface area contributed by atoms with E-state index < -0.39 is 0 Å². The number of rotatable bonds is 3. The summed E-state index contributed by atoms with van der Waals surface area (Å²) in [6.07, 6.45) is 2.48. The Labute approximate surface area is 113 Å². The van der Waals surface area contributed by atoms with Crippen LogP contribution in [0.15, 0.2) is 35.4 Å². The van der Waals surface area contributed by atoms with Gasteiger partial charge >= 0.3 is 0 Å². The zero-order valence-electron chi connectivity index (χ0n) is 11.4. The van der Waals surface area contributed by atoms with Gasteiger partial charge in [-0.3, -0.25) is 4.79 Å². The smallest absolute Gasteiger partial charge is 0.240 e. The molecule has 1 atom stereocenters. The standard InChI is InChI=1S/C15H18N2O2/c1-10(12-6-4-5-7-14(12)19-3)8-13-11(2)9-15(18)17-16-13/h4-8,11H,9H2,1-3H3,(H,17,18). The summed E-state index contributed by atoms with van der Waals surface area (Å²) < 4.78 is 5.35. The van der Waals surface area contributed by atoms with Gasteiger partial charge in [-0.15, -0.1) is 0 Å². The minimum absolute atomic E-state index is 0.0282. The predicted molar refractivity (Wildman–Crippen MR) is 76.0 cm³/mol. The zero-order valence-corrected chi connectivity index (χ0v) is 11.4. The van der Waals surface area contributed by atoms with Crippen LogP contribution in [0.2, 0.25) is 0 Å². The zero-order chi connectivity index (χ0) is 13.8. The Bertz CT molecular complexity index is 547. The summed E-state index contributed by atoms with van der Waals surface area (Å²) in [4.78, 5) is 11.2. The summed E-state index contributed by atoms with van der Waals surface area (Å²) in [6, 6.07) is 7.86. The summed E-state index contributed by atoms with van der Waals surface area (Å²) in [5.41, 5.74) is 5.52. The molecule has 4 nitrogen and oxygen atoms in total. The number of carbonyl (C=O) groups excluding carboxylic acids is 1. The minimum Gasteiger partial charge on any atom is -0.496 e. The number of hydrazone groups is 1. The van der Waals surface area contributed by atoms with E-state index in [9.17, 15) is 4.79 Å². The number of ether oxygens (including phenoxy) is 1. The van der Waals surface area contributed by atoms with Crippen molar-refractivity contribution >= 4 is 17.2 Å². The number of carbonyl (C=O) groups is 1. The van der Waals surface area contributed by atoms with Gasteiger partial charge in [0.25, 0.3) is 0 Å². The van der Waals surface area contributed by atoms with E-state index in [2.05, 4.69) is 10.5 Å². The van der Waals surface area contributed by atoms with E-state index in [4.69, 9.17) is 4.74 Å². The fourth-order valence-electron chi connectivity index (χ4n) is 2.11. The molecule has 19 heavy (non-hydrogen) atoms. The van der Waals surface area contributed by atoms with Crippen LogP contribution >= 0.6 is 0 Å². The number of para-hydroxylation sites is 1. The maximum absolute atomic E-state index is 11.2. The topological polar surface area (TPSA) is 50.7 Å². The fourth-order valence-corrected chi connectivity index (χ4v) is 2.11. The van der Waals surface area contributed by atoms with Gasteiger partial charge < -0.3 is 4.74 Å². The number of amides is 1. The molecule has 1 N–H and O–H groups in total. The lowest BCUT2D eigenvalue weighted by Gasteiger charge is -2.17. The van der Waals surface area contributed by atoms with Gasteiger partial charge in [-0.05, 0) is 24.6 Å². The monoisotopic (exact) mass is 258 g/mol. The Morgan fingerprint density at radius 2 is 2.21 bits per heavy atom. The maximum Gasteiger partial charge on any atom is 0.240 e. The molecule has 1 aliphatic heterocycles. The third-order valence-electron chi connectivity index (χ3n) is 3.20. The van der Waals surface area contributed by atoms with Crippen molar-refractivity contribution in [3.05, 3.63) is 35.9 Å². The van der Waals surface area contributed by atoms with Crippen molar-refractivity contribution < 1.29 is 9.53 Å². The molecule has 100 valence electrons. The molecular formula is C15H18N2O2. The molecule has 0 aromatic heterocycles. The van der Waals surface area contributed by atoms with Crippen molar-refractivity contribution in [2.24, 2.45) is 11.0 Å². The largest absolute Gasteiger partial charge is 0.496 e. The van der Waals surface area contributed by atoms with Crippen LogP contribution in [0.5, 0.6) is 5.75 Å². The molecule has 0 radical (unpaired) electrons. The molecule has 0 saturated heterocycles. The van der Waals surface area contributed by atoms with Crippen molar-refractivity contribution in [1.82, 2.24) is 5.43 Å². The van der Waals surface area contributed by atoms with E-state index in [1.54, 1.807) is 7.11 Å². The molecule has 1 unspecified atom stereocenters. The summed E-state index contributed by atoms with van der Waals surface area (Å²) in [5.74, 6) is 0.947. The summed E-state index contributed by atoms with van der Waals surface area (Å²) >= 11 is 0. The van der Waals surface area contributed by atoms with Crippen LogP contribution < -0.4 is 10.2 Å². The molecule has 1 aromatic carbocycles. The van der Waals surface area contributed by atoms with Gasteiger partial charge in [0.05, 0.1) is 12.8 Å². The average Bonchev–Trinajstić information content (AvgIpc) is 2.41. The van der Waals surface area contributed by atoms with Crippen molar-refractivity contribution in [2.75, 3.05) is 7.11 Å². The van der Waals surface area contributed by atoms with Gasteiger partial charge in [-0.2, -0.15) is 5.10 Å². The molecule has 1 heterocycles. The Morgan fingerprint density at radius 3 is 2.89 bits per heavy atom. The number of allylic oxidation sites excluding steroid dienone is 2. The van der Waals surface area contributed by atoms with Crippen LogP contribution in [-0.4, -0.2) is 18.7 Å². The van der Waals surface area contributed by atoms with Crippen LogP contribution in [-0.2, 0) is 4.79 Å². The predicted octanol–water partition coefficient (Wildman–Crippen LogP) is 2.61. The Balaban J connectivity index is 2.30. The van der Waals surface area contributed by atoms with Gasteiger partial charge in [0.15, 0.2) is 0 Å². The van der Waals surface area contributed by atoms with Crippen molar-refractivity contribution in [3.8, 4) is 5.75 Å². The first-order valence-corrected chi connectivity index (χ1v) is 6.30. The number of nitrogens with zero attached hydrogens (tertiary/aromatic N) is 1. The molecule has 0 saturated carbocycles. The third-order valence-corrected chi connectivity index (χ3v) is 3.20. The Kier molecular flexibility index (Phi) is 4.00. The second kappa shape index (κ2) is 5.69. The van der Waals surface area contributed by atoms with Crippen molar-refractivity contribution in [3.63, 3.8) is 0 Å². The van der Waals surface area contributed by atoms with Crippen molar-refractivity contribution in [1.29, 1.82) is 0 Å². The SMILES string of the molecule is COc1ccccc1C(C)=CC1=NNC(=O)CC1C. The summed E-state index contributed by atoms with van der Waals surface area (Å²) in [7, 11) is 1.66. The van der Waals surface area contributed by atoms with E-state index in [0.717, 1.165) is 22.6 Å². The number of nitrogens with one attached hydrogen (secondary N) is 1. The Hall–Kier alpha value is -2.10. The highest BCUT2D eigenvalue weighted by Crippen LogP contribution is 2.26. The number of methoxy groups -OCH3 is 1. The first kappa shape index (κ1) is 13.3. The lowest BCUT2D eigenvalue weighted by Crippen LogP contribution is -2.30. The van der Waals surface area contributed by atoms with Crippen LogP contribution in [0.4, 0.5) is 0 Å². The highest BCUT2D eigenvalue weighted by molar-refractivity contribution is 6.05. The van der Waals surface area contributed by atoms with Crippen LogP contribution in [0, 0.1) is 5.92 Å². The number of hydrogen-bond acceptors (Lipinski definition) is 3. The molecule has 1 amide bonds. The average molecular weight is 258 g/mol. The van der Waals surface area contributed by atoms with Gasteiger partial charge in [-0.25, -0.2) is 5.43 Å². The molecule has 2 rings (SSSR count). The van der Waals surface area contributed by atoms with E-state index in [1.807, 2.05) is 44.2 Å². The number of benzene rings is 1. The lowest BCUT2D eigenvalue weighted by atomic mass is 9.96. The molecule has 1 aliphatic rings. The maximum atomic E-state index is 11.2. The van der Waals surface area contributed by atoms with Crippen LogP contribution in [0.1, 0.15) is 25.8 Å². The van der Waals surface area contributed by atoms with Gasteiger partial charge in [0.2, 0.25) is 5.91 Å². The van der Waals surface area contributed by atoms with Gasteiger partial charge in [0.1, 0.15) is 5.75 Å². The molecule has 4 heteroatoms. The Morgan fingerprint density at radius 1 is 1.47 bits per heavy atom. The summed E-state index contributed by atoms with van der Waals surface area (Å²) in [6.45, 7) is 4.02. The molecule has 0 spiro atoms. The quantitative estimate of drug-likeness (QED) is 0.906. The number of hydrogen-bond donors (Lipinski definition) is 1. The summed E-state index contributed by atoms with van der Waals surface area (Å²) in [5, 5.41) is 4.11. The highest BCUT2D eigenvalue weighted by atomic mass is 16.5. The molecule has 0 fully saturated rings. The molecule has 0 aliphatic carbocycles. The highest BCUT2D eigenvalue weighted by Gasteiger charge is 2.19. The normalized spacial score (nSPS) is 19.7. The van der Waals surface area contributed by atoms with E-state index in [1.165, 1.54) is 0 Å². The second-order valence-corrected chi connectivity index (χ2v) is 4.70. The lowest BCUT2D eigenvalue weighted by molar-refractivity contribution is -0.121. The first-order valence-electron chi connectivity index (χ1n) is 6.30. The molecule has 0 bridgehead atoms. The molecular weight excluding hydrogens is 240 g/mol. The third kappa shape index (κ3) is 3.02. The van der Waals surface area contributed by atoms with E-state index in [0.29, 0.717) is 6.42 Å². The van der Waals surface area contributed by atoms with E-state index in [-0.39, 0.29) is 11.8 Å². The first-order chi connectivity index (χ1) is 9.11. The minimum atomic E-state index is -0.0282. The van der Waals surface area contributed by atoms with Gasteiger partial charge in [0, 0.05) is 17.9 Å². The van der Waals surface area contributed by atoms with E-state index >= 15 is 0 Å². The van der Waals surface area contributed by atoms with Gasteiger partial charge in [-0.1, -0.05) is 25.1 Å². The molecule has 1 aromatic rings.